The lowest BCUT2D eigenvalue weighted by molar-refractivity contribution is -0.151. The van der Waals surface area contributed by atoms with E-state index in [9.17, 15) is 9.90 Å². The lowest BCUT2D eigenvalue weighted by Crippen LogP contribution is -2.23. The summed E-state index contributed by atoms with van der Waals surface area (Å²) in [6, 6.07) is 11.8. The van der Waals surface area contributed by atoms with Crippen LogP contribution in [0.4, 0.5) is 0 Å². The fraction of sp³-hybridized carbons (Fsp3) is 0.222. The van der Waals surface area contributed by atoms with Gasteiger partial charge in [-0.05, 0) is 42.7 Å². The Labute approximate surface area is 133 Å². The molecule has 0 saturated carbocycles. The molecule has 1 aliphatic rings. The number of hydrogen-bond donors (Lipinski definition) is 1. The van der Waals surface area contributed by atoms with E-state index in [0.29, 0.717) is 6.61 Å². The van der Waals surface area contributed by atoms with E-state index in [1.807, 2.05) is 53.9 Å². The van der Waals surface area contributed by atoms with Crippen molar-refractivity contribution in [1.29, 1.82) is 0 Å². The molecule has 0 bridgehead atoms. The van der Waals surface area contributed by atoms with Crippen LogP contribution in [0.15, 0.2) is 42.6 Å². The Morgan fingerprint density at radius 1 is 1.35 bits per heavy atom. The van der Waals surface area contributed by atoms with Gasteiger partial charge < -0.3 is 9.84 Å². The normalized spacial score (nSPS) is 17.2. The molecule has 0 amide bonds. The molecule has 4 rings (SSSR count). The molecule has 1 aromatic carbocycles. The number of carbonyl (C=O) groups is 1. The molecule has 1 atom stereocenters. The number of carboxylic acid groups (broad SMARTS) is 1. The number of benzene rings is 1. The smallest absolute Gasteiger partial charge is 0.337 e. The van der Waals surface area contributed by atoms with Gasteiger partial charge in [0.15, 0.2) is 6.10 Å². The summed E-state index contributed by atoms with van der Waals surface area (Å²) in [6.07, 6.45) is 1.82. The van der Waals surface area contributed by atoms with Crippen molar-refractivity contribution in [2.45, 2.75) is 19.4 Å². The number of nitrogens with zero attached hydrogens (tertiary/aromatic N) is 2. The van der Waals surface area contributed by atoms with Crippen molar-refractivity contribution in [3.8, 4) is 11.3 Å². The summed E-state index contributed by atoms with van der Waals surface area (Å²) < 4.78 is 7.46. The second-order valence-corrected chi connectivity index (χ2v) is 5.73. The molecule has 0 spiro atoms. The number of carboxylic acids is 1. The van der Waals surface area contributed by atoms with E-state index in [1.54, 1.807) is 0 Å². The van der Waals surface area contributed by atoms with E-state index in [-0.39, 0.29) is 0 Å². The van der Waals surface area contributed by atoms with Gasteiger partial charge in [0, 0.05) is 11.8 Å². The van der Waals surface area contributed by atoms with Crippen molar-refractivity contribution in [2.24, 2.45) is 0 Å². The molecule has 1 unspecified atom stereocenters. The van der Waals surface area contributed by atoms with Gasteiger partial charge in [-0.1, -0.05) is 18.2 Å². The monoisotopic (exact) mass is 308 g/mol. The van der Waals surface area contributed by atoms with Gasteiger partial charge >= 0.3 is 5.97 Å². The van der Waals surface area contributed by atoms with Crippen LogP contribution in [-0.2, 0) is 16.0 Å². The predicted octanol–water partition coefficient (Wildman–Crippen LogP) is 3.01. The molecular formula is C18H16N2O3. The van der Waals surface area contributed by atoms with Gasteiger partial charge in [0.1, 0.15) is 5.65 Å². The summed E-state index contributed by atoms with van der Waals surface area (Å²) in [7, 11) is 0. The predicted molar refractivity (Wildman–Crippen MR) is 85.4 cm³/mol. The number of pyridine rings is 1. The first kappa shape index (κ1) is 14.0. The van der Waals surface area contributed by atoms with E-state index in [1.165, 1.54) is 0 Å². The molecule has 1 N–H and O–H groups in total. The van der Waals surface area contributed by atoms with Gasteiger partial charge in [-0.3, -0.25) is 4.40 Å². The molecule has 116 valence electrons. The second-order valence-electron chi connectivity index (χ2n) is 5.73. The first-order valence-corrected chi connectivity index (χ1v) is 7.56. The minimum absolute atomic E-state index is 0.442. The van der Waals surface area contributed by atoms with Crippen LogP contribution >= 0.6 is 0 Å². The van der Waals surface area contributed by atoms with Gasteiger partial charge in [-0.2, -0.15) is 0 Å². The molecule has 2 aromatic heterocycles. The van der Waals surface area contributed by atoms with Crippen molar-refractivity contribution in [3.05, 3.63) is 59.4 Å². The number of fused-ring (bicyclic) bond motifs is 2. The summed E-state index contributed by atoms with van der Waals surface area (Å²) in [5.74, 6) is -0.946. The highest BCUT2D eigenvalue weighted by atomic mass is 16.5. The van der Waals surface area contributed by atoms with Crippen LogP contribution in [0.25, 0.3) is 16.9 Å². The lowest BCUT2D eigenvalue weighted by atomic mass is 9.94. The number of imidazole rings is 1. The summed E-state index contributed by atoms with van der Waals surface area (Å²) in [4.78, 5) is 16.0. The van der Waals surface area contributed by atoms with Gasteiger partial charge in [0.2, 0.25) is 0 Å². The van der Waals surface area contributed by atoms with Crippen LogP contribution in [0.3, 0.4) is 0 Å². The Morgan fingerprint density at radius 2 is 2.22 bits per heavy atom. The van der Waals surface area contributed by atoms with Crippen molar-refractivity contribution >= 4 is 11.6 Å². The number of aromatic nitrogens is 2. The lowest BCUT2D eigenvalue weighted by Gasteiger charge is -2.23. The highest BCUT2D eigenvalue weighted by Crippen LogP contribution is 2.33. The standard InChI is InChI=1S/C18H16N2O3/c1-11-16(20-8-3-2-4-15(20)19-11)13-6-5-12-7-9-23-17(18(21)22)14(12)10-13/h2-6,8,10,17H,7,9H2,1H3,(H,21,22). The van der Waals surface area contributed by atoms with Gasteiger partial charge in [0.05, 0.1) is 18.0 Å². The van der Waals surface area contributed by atoms with Crippen LogP contribution in [0.5, 0.6) is 0 Å². The fourth-order valence-corrected chi connectivity index (χ4v) is 3.26. The van der Waals surface area contributed by atoms with Crippen LogP contribution in [0.2, 0.25) is 0 Å². The summed E-state index contributed by atoms with van der Waals surface area (Å²) in [6.45, 7) is 2.41. The third-order valence-electron chi connectivity index (χ3n) is 4.29. The third kappa shape index (κ3) is 2.21. The first-order chi connectivity index (χ1) is 11.1. The maximum atomic E-state index is 11.5. The largest absolute Gasteiger partial charge is 0.479 e. The van der Waals surface area contributed by atoms with Crippen molar-refractivity contribution < 1.29 is 14.6 Å². The molecular weight excluding hydrogens is 292 g/mol. The minimum atomic E-state index is -0.946. The highest BCUT2D eigenvalue weighted by Gasteiger charge is 2.27. The molecule has 5 nitrogen and oxygen atoms in total. The maximum Gasteiger partial charge on any atom is 0.337 e. The van der Waals surface area contributed by atoms with Crippen LogP contribution < -0.4 is 0 Å². The third-order valence-corrected chi connectivity index (χ3v) is 4.29. The molecule has 0 saturated heterocycles. The number of hydrogen-bond acceptors (Lipinski definition) is 3. The topological polar surface area (TPSA) is 63.8 Å². The Bertz CT molecular complexity index is 914. The van der Waals surface area contributed by atoms with E-state index >= 15 is 0 Å². The van der Waals surface area contributed by atoms with Crippen LogP contribution in [0.1, 0.15) is 22.9 Å². The van der Waals surface area contributed by atoms with E-state index in [4.69, 9.17) is 4.74 Å². The Balaban J connectivity index is 1.91. The number of rotatable bonds is 2. The van der Waals surface area contributed by atoms with Crippen molar-refractivity contribution in [3.63, 3.8) is 0 Å². The molecule has 1 aliphatic heterocycles. The van der Waals surface area contributed by atoms with E-state index < -0.39 is 12.1 Å². The molecule has 0 radical (unpaired) electrons. The Kier molecular flexibility index (Phi) is 3.16. The van der Waals surface area contributed by atoms with Gasteiger partial charge in [0.25, 0.3) is 0 Å². The average Bonchev–Trinajstić information content (AvgIpc) is 2.89. The van der Waals surface area contributed by atoms with Crippen molar-refractivity contribution in [2.75, 3.05) is 6.61 Å². The van der Waals surface area contributed by atoms with Gasteiger partial charge in [-0.25, -0.2) is 9.78 Å². The molecule has 3 heterocycles. The zero-order valence-corrected chi connectivity index (χ0v) is 12.7. The first-order valence-electron chi connectivity index (χ1n) is 7.56. The average molecular weight is 308 g/mol. The number of ether oxygens (including phenoxy) is 1. The Hall–Kier alpha value is -2.66. The second kappa shape index (κ2) is 5.21. The molecule has 3 aromatic rings. The van der Waals surface area contributed by atoms with Crippen LogP contribution in [0, 0.1) is 6.92 Å². The molecule has 5 heteroatoms. The highest BCUT2D eigenvalue weighted by molar-refractivity contribution is 5.77. The van der Waals surface area contributed by atoms with E-state index in [2.05, 4.69) is 4.98 Å². The number of aryl methyl sites for hydroxylation is 1. The summed E-state index contributed by atoms with van der Waals surface area (Å²) >= 11 is 0. The van der Waals surface area contributed by atoms with Crippen molar-refractivity contribution in [1.82, 2.24) is 9.38 Å². The van der Waals surface area contributed by atoms with Gasteiger partial charge in [-0.15, -0.1) is 0 Å². The molecule has 23 heavy (non-hydrogen) atoms. The fourth-order valence-electron chi connectivity index (χ4n) is 3.26. The zero-order valence-electron chi connectivity index (χ0n) is 12.7. The van der Waals surface area contributed by atoms with E-state index in [0.717, 1.165) is 40.1 Å². The summed E-state index contributed by atoms with van der Waals surface area (Å²) in [5.41, 5.74) is 5.52. The molecule has 0 aliphatic carbocycles. The number of aliphatic carboxylic acids is 1. The zero-order chi connectivity index (χ0) is 16.0. The Morgan fingerprint density at radius 3 is 3.04 bits per heavy atom. The summed E-state index contributed by atoms with van der Waals surface area (Å²) in [5, 5.41) is 9.39. The molecule has 0 fully saturated rings. The minimum Gasteiger partial charge on any atom is -0.479 e. The maximum absolute atomic E-state index is 11.5. The van der Waals surface area contributed by atoms with Crippen LogP contribution in [-0.4, -0.2) is 27.1 Å². The quantitative estimate of drug-likeness (QED) is 0.790. The SMILES string of the molecule is Cc1nc2ccccn2c1-c1ccc2c(c1)C(C(=O)O)OCC2.